The number of nitro groups is 1. The molecule has 0 aliphatic carbocycles. The summed E-state index contributed by atoms with van der Waals surface area (Å²) in [5.74, 6) is 0. The van der Waals surface area contributed by atoms with Gasteiger partial charge < -0.3 is 5.32 Å². The highest BCUT2D eigenvalue weighted by Gasteiger charge is 2.21. The highest BCUT2D eigenvalue weighted by atomic mass is 16.6. The first kappa shape index (κ1) is 14.3. The maximum absolute atomic E-state index is 11.0. The van der Waals surface area contributed by atoms with Gasteiger partial charge >= 0.3 is 5.69 Å². The van der Waals surface area contributed by atoms with Crippen LogP contribution in [0.2, 0.25) is 0 Å². The second kappa shape index (κ2) is 5.88. The molecule has 1 aromatic heterocycles. The van der Waals surface area contributed by atoms with E-state index in [4.69, 9.17) is 5.26 Å². The van der Waals surface area contributed by atoms with E-state index in [1.165, 1.54) is 4.68 Å². The highest BCUT2D eigenvalue weighted by Crippen LogP contribution is 2.23. The molecule has 21 heavy (non-hydrogen) atoms. The molecule has 0 atom stereocenters. The third-order valence-corrected chi connectivity index (χ3v) is 2.92. The van der Waals surface area contributed by atoms with Gasteiger partial charge in [0.2, 0.25) is 0 Å². The van der Waals surface area contributed by atoms with Crippen LogP contribution in [0.15, 0.2) is 30.5 Å². The second-order valence-corrected chi connectivity index (χ2v) is 4.37. The molecule has 2 rings (SSSR count). The molecule has 0 saturated carbocycles. The lowest BCUT2D eigenvalue weighted by Gasteiger charge is -2.00. The largest absolute Gasteiger partial charge is 0.362 e. The molecule has 1 aromatic carbocycles. The molecule has 7 nitrogen and oxygen atoms in total. The monoisotopic (exact) mass is 283 g/mol. The van der Waals surface area contributed by atoms with E-state index in [9.17, 15) is 10.1 Å². The van der Waals surface area contributed by atoms with Gasteiger partial charge in [-0.05, 0) is 37.3 Å². The maximum atomic E-state index is 11.0. The summed E-state index contributed by atoms with van der Waals surface area (Å²) in [5, 5.41) is 26.8. The van der Waals surface area contributed by atoms with Gasteiger partial charge in [-0.15, -0.1) is 0 Å². The van der Waals surface area contributed by atoms with Gasteiger partial charge in [0.25, 0.3) is 0 Å². The summed E-state index contributed by atoms with van der Waals surface area (Å²) < 4.78 is 1.46. The summed E-state index contributed by atoms with van der Waals surface area (Å²) >= 11 is 0. The third kappa shape index (κ3) is 3.06. The Balaban J connectivity index is 2.18. The van der Waals surface area contributed by atoms with Crippen molar-refractivity contribution < 1.29 is 4.92 Å². The van der Waals surface area contributed by atoms with Crippen molar-refractivity contribution in [2.45, 2.75) is 6.92 Å². The van der Waals surface area contributed by atoms with Crippen LogP contribution in [0, 0.1) is 28.4 Å². The molecule has 0 aliphatic rings. The van der Waals surface area contributed by atoms with Crippen LogP contribution in [0.1, 0.15) is 17.0 Å². The molecule has 0 saturated heterocycles. The Morgan fingerprint density at radius 2 is 2.10 bits per heavy atom. The van der Waals surface area contributed by atoms with Crippen molar-refractivity contribution in [3.05, 3.63) is 57.5 Å². The number of hydrogen-bond donors (Lipinski definition) is 1. The molecule has 0 aliphatic heterocycles. The van der Waals surface area contributed by atoms with Crippen LogP contribution in [-0.4, -0.2) is 14.7 Å². The number of nitrogens with zero attached hydrogens (tertiary/aromatic N) is 4. The second-order valence-electron chi connectivity index (χ2n) is 4.37. The number of anilines is 1. The van der Waals surface area contributed by atoms with Gasteiger partial charge in [-0.25, -0.2) is 0 Å². The minimum absolute atomic E-state index is 0.00428. The molecular formula is C14H13N5O2. The summed E-state index contributed by atoms with van der Waals surface area (Å²) in [5.41, 5.74) is 2.14. The first-order chi connectivity index (χ1) is 10.0. The fourth-order valence-electron chi connectivity index (χ4n) is 1.94. The van der Waals surface area contributed by atoms with Crippen LogP contribution < -0.4 is 5.32 Å². The number of benzene rings is 1. The molecule has 1 heterocycles. The van der Waals surface area contributed by atoms with Crippen LogP contribution in [0.25, 0.3) is 6.08 Å². The van der Waals surface area contributed by atoms with Crippen LogP contribution in [0.5, 0.6) is 0 Å². The maximum Gasteiger partial charge on any atom is 0.317 e. The number of aromatic nitrogens is 2. The number of aryl methyl sites for hydroxylation is 2. The van der Waals surface area contributed by atoms with Crippen molar-refractivity contribution in [2.75, 3.05) is 5.32 Å². The number of hydrogen-bond acceptors (Lipinski definition) is 5. The molecule has 1 N–H and O–H groups in total. The zero-order chi connectivity index (χ0) is 15.4. The first-order valence-electron chi connectivity index (χ1n) is 6.14. The molecule has 0 unspecified atom stereocenters. The number of nitrogens with one attached hydrogen (secondary N) is 1. The zero-order valence-corrected chi connectivity index (χ0v) is 11.6. The third-order valence-electron chi connectivity index (χ3n) is 2.92. The summed E-state index contributed by atoms with van der Waals surface area (Å²) in [6, 6.07) is 8.92. The average Bonchev–Trinajstić information content (AvgIpc) is 2.74. The van der Waals surface area contributed by atoms with Crippen molar-refractivity contribution >= 4 is 17.5 Å². The lowest BCUT2D eigenvalue weighted by Crippen LogP contribution is -1.96. The minimum atomic E-state index is -0.441. The van der Waals surface area contributed by atoms with Crippen LogP contribution in [0.4, 0.5) is 11.4 Å². The van der Waals surface area contributed by atoms with E-state index in [1.807, 2.05) is 6.07 Å². The number of rotatable bonds is 4. The summed E-state index contributed by atoms with van der Waals surface area (Å²) in [7, 11) is 1.65. The predicted octanol–water partition coefficient (Wildman–Crippen LogP) is 2.59. The molecule has 106 valence electrons. The van der Waals surface area contributed by atoms with Gasteiger partial charge in [-0.3, -0.25) is 14.8 Å². The number of nitriles is 1. The first-order valence-corrected chi connectivity index (χ1v) is 6.14. The van der Waals surface area contributed by atoms with E-state index in [0.29, 0.717) is 17.0 Å². The quantitative estimate of drug-likeness (QED) is 0.687. The van der Waals surface area contributed by atoms with Crippen LogP contribution in [-0.2, 0) is 7.05 Å². The van der Waals surface area contributed by atoms with E-state index in [2.05, 4.69) is 10.4 Å². The fraction of sp³-hybridized carbons (Fsp3) is 0.143. The van der Waals surface area contributed by atoms with Crippen molar-refractivity contribution in [3.63, 3.8) is 0 Å². The molecule has 2 aromatic rings. The summed E-state index contributed by atoms with van der Waals surface area (Å²) in [4.78, 5) is 10.6. The predicted molar refractivity (Wildman–Crippen MR) is 78.4 cm³/mol. The van der Waals surface area contributed by atoms with E-state index >= 15 is 0 Å². The van der Waals surface area contributed by atoms with E-state index in [1.54, 1.807) is 50.5 Å². The van der Waals surface area contributed by atoms with E-state index < -0.39 is 4.92 Å². The van der Waals surface area contributed by atoms with Gasteiger partial charge in [0, 0.05) is 18.9 Å². The van der Waals surface area contributed by atoms with E-state index in [0.717, 1.165) is 5.69 Å². The standard InChI is InChI=1S/C14H13N5O2/c1-10-14(19(20)21)13(18(2)17-10)7-8-16-12-5-3-11(9-15)4-6-12/h3-8,16H,1-2H3/b8-7+. The Morgan fingerprint density at radius 3 is 2.67 bits per heavy atom. The van der Waals surface area contributed by atoms with Crippen molar-refractivity contribution in [1.82, 2.24) is 9.78 Å². The van der Waals surface area contributed by atoms with Crippen molar-refractivity contribution in [3.8, 4) is 6.07 Å². The van der Waals surface area contributed by atoms with Gasteiger partial charge in [-0.1, -0.05) is 0 Å². The Hall–Kier alpha value is -3.14. The van der Waals surface area contributed by atoms with Crippen molar-refractivity contribution in [1.29, 1.82) is 5.26 Å². The van der Waals surface area contributed by atoms with Crippen molar-refractivity contribution in [2.24, 2.45) is 7.05 Å². The lowest BCUT2D eigenvalue weighted by atomic mass is 10.2. The van der Waals surface area contributed by atoms with E-state index in [-0.39, 0.29) is 5.69 Å². The molecule has 0 spiro atoms. The van der Waals surface area contributed by atoms with Gasteiger partial charge in [0.1, 0.15) is 11.4 Å². The Morgan fingerprint density at radius 1 is 1.43 bits per heavy atom. The average molecular weight is 283 g/mol. The normalized spacial score (nSPS) is 10.5. The van der Waals surface area contributed by atoms with Crippen LogP contribution >= 0.6 is 0 Å². The Labute approximate surface area is 121 Å². The topological polar surface area (TPSA) is 96.8 Å². The molecule has 0 amide bonds. The molecular weight excluding hydrogens is 270 g/mol. The fourth-order valence-corrected chi connectivity index (χ4v) is 1.94. The highest BCUT2D eigenvalue weighted by molar-refractivity contribution is 5.62. The molecule has 0 bridgehead atoms. The lowest BCUT2D eigenvalue weighted by molar-refractivity contribution is -0.385. The smallest absolute Gasteiger partial charge is 0.317 e. The van der Waals surface area contributed by atoms with Gasteiger partial charge in [-0.2, -0.15) is 10.4 Å². The Kier molecular flexibility index (Phi) is 4.00. The molecule has 7 heteroatoms. The summed E-state index contributed by atoms with van der Waals surface area (Å²) in [6.45, 7) is 1.60. The van der Waals surface area contributed by atoms with Gasteiger partial charge in [0.15, 0.2) is 0 Å². The van der Waals surface area contributed by atoms with Crippen LogP contribution in [0.3, 0.4) is 0 Å². The molecule has 0 radical (unpaired) electrons. The Bertz CT molecular complexity index is 738. The zero-order valence-electron chi connectivity index (χ0n) is 11.6. The van der Waals surface area contributed by atoms with Gasteiger partial charge in [0.05, 0.1) is 16.6 Å². The molecule has 0 fully saturated rings. The SMILES string of the molecule is Cc1nn(C)c(/C=C/Nc2ccc(C#N)cc2)c1[N+](=O)[O-]. The summed E-state index contributed by atoms with van der Waals surface area (Å²) in [6.07, 6.45) is 3.20. The minimum Gasteiger partial charge on any atom is -0.362 e.